The summed E-state index contributed by atoms with van der Waals surface area (Å²) < 4.78 is 0. The van der Waals surface area contributed by atoms with Gasteiger partial charge in [-0.3, -0.25) is 0 Å². The highest BCUT2D eigenvalue weighted by atomic mass is 16.5. The fourth-order valence-corrected chi connectivity index (χ4v) is 1.39. The van der Waals surface area contributed by atoms with Gasteiger partial charge in [-0.2, -0.15) is 0 Å². The predicted molar refractivity (Wildman–Crippen MR) is 99.9 cm³/mol. The number of aliphatic hydroxyl groups excluding tert-OH is 9. The van der Waals surface area contributed by atoms with Crippen molar-refractivity contribution in [2.45, 2.75) is 54.9 Å². The Kier molecular flexibility index (Phi) is 17.5. The van der Waals surface area contributed by atoms with Crippen LogP contribution in [0.1, 0.15) is 0 Å². The van der Waals surface area contributed by atoms with E-state index in [1.807, 2.05) is 0 Å². The van der Waals surface area contributed by atoms with Gasteiger partial charge in [0.2, 0.25) is 0 Å². The molecule has 0 fully saturated rings. The molecule has 6 unspecified atom stereocenters. The molecule has 21 heteroatoms. The summed E-state index contributed by atoms with van der Waals surface area (Å²) in [6, 6.07) is 0. The van der Waals surface area contributed by atoms with Gasteiger partial charge < -0.3 is 76.6 Å². The lowest BCUT2D eigenvalue weighted by atomic mass is 10.1. The Labute approximate surface area is 197 Å². The van der Waals surface area contributed by atoms with Gasteiger partial charge in [-0.05, 0) is 0 Å². The van der Waals surface area contributed by atoms with Gasteiger partial charge in [0, 0.05) is 0 Å². The lowest BCUT2D eigenvalue weighted by molar-refractivity contribution is -0.169. The maximum atomic E-state index is 9.95. The zero-order valence-electron chi connectivity index (χ0n) is 17.4. The van der Waals surface area contributed by atoms with Gasteiger partial charge in [0.1, 0.15) is 18.3 Å². The molecule has 0 heterocycles. The van der Waals surface area contributed by atoms with Crippen LogP contribution >= 0.6 is 0 Å². The lowest BCUT2D eigenvalue weighted by Crippen LogP contribution is -2.45. The van der Waals surface area contributed by atoms with Crippen molar-refractivity contribution in [3.63, 3.8) is 0 Å². The van der Waals surface area contributed by atoms with Crippen molar-refractivity contribution in [1.29, 1.82) is 0 Å². The summed E-state index contributed by atoms with van der Waals surface area (Å²) in [7, 11) is 0. The molecule has 0 aromatic carbocycles. The van der Waals surface area contributed by atoms with E-state index in [4.69, 9.17) is 76.6 Å². The zero-order chi connectivity index (χ0) is 29.7. The number of carboxylic acid groups (broad SMARTS) is 6. The van der Waals surface area contributed by atoms with E-state index >= 15 is 0 Å². The highest BCUT2D eigenvalue weighted by molar-refractivity contribution is 5.78. The summed E-state index contributed by atoms with van der Waals surface area (Å²) in [5.41, 5.74) is 0. The lowest BCUT2D eigenvalue weighted by Gasteiger charge is -2.16. The van der Waals surface area contributed by atoms with Crippen LogP contribution in [0.4, 0.5) is 0 Å². The van der Waals surface area contributed by atoms with E-state index < -0.39 is 90.8 Å². The van der Waals surface area contributed by atoms with E-state index in [1.165, 1.54) is 0 Å². The summed E-state index contributed by atoms with van der Waals surface area (Å²) in [4.78, 5) is 59.7. The van der Waals surface area contributed by atoms with E-state index in [0.717, 1.165) is 0 Å². The molecule has 0 aromatic heterocycles. The molecule has 21 nitrogen and oxygen atoms in total. The molecule has 0 spiro atoms. The van der Waals surface area contributed by atoms with Gasteiger partial charge in [-0.25, -0.2) is 28.8 Å². The fraction of sp³-hybridized carbons (Fsp3) is 0.600. The van der Waals surface area contributed by atoms with Crippen LogP contribution in [0.5, 0.6) is 0 Å². The number of hydrogen-bond donors (Lipinski definition) is 15. The Morgan fingerprint density at radius 1 is 0.278 bits per heavy atom. The third-order valence-corrected chi connectivity index (χ3v) is 3.46. The summed E-state index contributed by atoms with van der Waals surface area (Å²) in [5.74, 6) is -10.8. The molecule has 0 amide bonds. The molecule has 6 atom stereocenters. The van der Waals surface area contributed by atoms with Gasteiger partial charge in [-0.1, -0.05) is 0 Å². The minimum atomic E-state index is -2.31. The second-order valence-corrected chi connectivity index (χ2v) is 6.17. The van der Waals surface area contributed by atoms with Gasteiger partial charge in [-0.15, -0.1) is 0 Å². The Bertz CT molecular complexity index is 605. The van der Waals surface area contributed by atoms with Crippen LogP contribution in [0, 0.1) is 0 Å². The Hall–Kier alpha value is -3.54. The van der Waals surface area contributed by atoms with E-state index in [1.54, 1.807) is 0 Å². The molecule has 0 aliphatic carbocycles. The third-order valence-electron chi connectivity index (χ3n) is 3.46. The van der Waals surface area contributed by atoms with Crippen molar-refractivity contribution in [3.8, 4) is 0 Å². The Morgan fingerprint density at radius 2 is 0.361 bits per heavy atom. The number of carboxylic acids is 6. The molecule has 15 N–H and O–H groups in total. The second-order valence-electron chi connectivity index (χ2n) is 6.17. The van der Waals surface area contributed by atoms with Gasteiger partial charge in [0.05, 0.1) is 0 Å². The van der Waals surface area contributed by atoms with Crippen molar-refractivity contribution in [2.24, 2.45) is 0 Å². The summed E-state index contributed by atoms with van der Waals surface area (Å²) >= 11 is 0. The number of aliphatic hydroxyl groups is 9. The monoisotopic (exact) mass is 540 g/mol. The molecule has 0 radical (unpaired) electrons. The fourth-order valence-electron chi connectivity index (χ4n) is 1.39. The predicted octanol–water partition coefficient (Wildman–Crippen LogP) is -8.29. The molecule has 0 saturated carbocycles. The van der Waals surface area contributed by atoms with E-state index in [0.29, 0.717) is 0 Å². The molecular formula is C15H24O21. The molecule has 0 aliphatic rings. The number of carbonyl (C=O) groups is 6. The molecule has 210 valence electrons. The first-order chi connectivity index (χ1) is 16.1. The summed E-state index contributed by atoms with van der Waals surface area (Å²) in [6.07, 6.45) is -20.6. The van der Waals surface area contributed by atoms with Crippen LogP contribution in [-0.4, -0.2) is 167 Å². The van der Waals surface area contributed by atoms with Crippen molar-refractivity contribution in [2.75, 3.05) is 0 Å². The van der Waals surface area contributed by atoms with E-state index in [-0.39, 0.29) is 0 Å². The second kappa shape index (κ2) is 17.0. The molecule has 0 aliphatic heterocycles. The van der Waals surface area contributed by atoms with Crippen molar-refractivity contribution >= 4 is 35.8 Å². The molecule has 0 aromatic rings. The van der Waals surface area contributed by atoms with Crippen LogP contribution < -0.4 is 0 Å². The SMILES string of the molecule is O=C(O)C(O)C(O)C(O)C(=O)O.O=C(O)C(O)C(O)C(O)C(=O)O.O=C(O)C(O)C(O)C(O)C(=O)O. The molecule has 0 saturated heterocycles. The maximum Gasteiger partial charge on any atom is 0.335 e. The first-order valence-corrected chi connectivity index (χ1v) is 8.62. The first kappa shape index (κ1) is 37.0. The minimum absolute atomic E-state index is 1.80. The topological polar surface area (TPSA) is 406 Å². The highest BCUT2D eigenvalue weighted by Gasteiger charge is 2.35. The molecule has 36 heavy (non-hydrogen) atoms. The number of rotatable bonds is 12. The summed E-state index contributed by atoms with van der Waals surface area (Å²) in [5, 5.41) is 126. The Balaban J connectivity index is -0.000000454. The molecular weight excluding hydrogens is 516 g/mol. The van der Waals surface area contributed by atoms with Gasteiger partial charge in [0.25, 0.3) is 0 Å². The Morgan fingerprint density at radius 3 is 0.417 bits per heavy atom. The van der Waals surface area contributed by atoms with Crippen LogP contribution in [0.2, 0.25) is 0 Å². The van der Waals surface area contributed by atoms with Gasteiger partial charge >= 0.3 is 35.8 Å². The standard InChI is InChI=1S/3C5H8O7/c3*6-1(2(7)4(9)10)3(8)5(11)12/h3*1-3,6-8H,(H,9,10)(H,11,12). The largest absolute Gasteiger partial charge is 0.479 e. The first-order valence-electron chi connectivity index (χ1n) is 8.62. The van der Waals surface area contributed by atoms with Crippen LogP contribution in [0.25, 0.3) is 0 Å². The zero-order valence-corrected chi connectivity index (χ0v) is 17.4. The molecule has 0 bridgehead atoms. The van der Waals surface area contributed by atoms with Crippen LogP contribution in [0.15, 0.2) is 0 Å². The highest BCUT2D eigenvalue weighted by Crippen LogP contribution is 2.02. The van der Waals surface area contributed by atoms with Crippen LogP contribution in [0.3, 0.4) is 0 Å². The van der Waals surface area contributed by atoms with Gasteiger partial charge in [0.15, 0.2) is 36.6 Å². The van der Waals surface area contributed by atoms with Crippen molar-refractivity contribution in [3.05, 3.63) is 0 Å². The van der Waals surface area contributed by atoms with Crippen molar-refractivity contribution < 1.29 is 105 Å². The quantitative estimate of drug-likeness (QED) is 0.109. The van der Waals surface area contributed by atoms with Crippen LogP contribution in [-0.2, 0) is 28.8 Å². The maximum absolute atomic E-state index is 9.95. The van der Waals surface area contributed by atoms with E-state index in [2.05, 4.69) is 0 Å². The third kappa shape index (κ3) is 13.4. The number of hydrogen-bond acceptors (Lipinski definition) is 15. The van der Waals surface area contributed by atoms with Crippen molar-refractivity contribution in [1.82, 2.24) is 0 Å². The average Bonchev–Trinajstić information content (AvgIpc) is 2.79. The minimum Gasteiger partial charge on any atom is -0.479 e. The molecule has 0 rings (SSSR count). The summed E-state index contributed by atoms with van der Waals surface area (Å²) in [6.45, 7) is 0. The number of aliphatic carboxylic acids is 6. The van der Waals surface area contributed by atoms with E-state index in [9.17, 15) is 28.8 Å². The smallest absolute Gasteiger partial charge is 0.335 e. The average molecular weight is 540 g/mol. The normalized spacial score (nSPS) is 17.9.